The van der Waals surface area contributed by atoms with Gasteiger partial charge < -0.3 is 9.42 Å². The summed E-state index contributed by atoms with van der Waals surface area (Å²) in [5.41, 5.74) is 0.681. The molecule has 10 nitrogen and oxygen atoms in total. The zero-order valence-electron chi connectivity index (χ0n) is 13.1. The van der Waals surface area contributed by atoms with E-state index in [-0.39, 0.29) is 10.9 Å². The van der Waals surface area contributed by atoms with E-state index in [1.165, 1.54) is 10.5 Å². The summed E-state index contributed by atoms with van der Waals surface area (Å²) in [4.78, 5) is 2.06. The quantitative estimate of drug-likeness (QED) is 0.644. The fourth-order valence-corrected chi connectivity index (χ4v) is 3.81. The molecule has 0 radical (unpaired) electrons. The molecule has 0 atom stereocenters. The van der Waals surface area contributed by atoms with E-state index < -0.39 is 10.0 Å². The van der Waals surface area contributed by atoms with Crippen LogP contribution in [0.2, 0.25) is 0 Å². The predicted molar refractivity (Wildman–Crippen MR) is 83.0 cm³/mol. The number of rotatable bonds is 4. The van der Waals surface area contributed by atoms with Crippen molar-refractivity contribution in [1.82, 2.24) is 29.3 Å². The molecule has 0 bridgehead atoms. The van der Waals surface area contributed by atoms with Crippen LogP contribution in [-0.4, -0.2) is 63.9 Å². The lowest BCUT2D eigenvalue weighted by molar-refractivity contribution is 0.308. The fraction of sp³-hybridized carbons (Fsp3) is 0.385. The Hall–Kier alpha value is -2.53. The van der Waals surface area contributed by atoms with Crippen molar-refractivity contribution in [3.8, 4) is 0 Å². The van der Waals surface area contributed by atoms with E-state index in [0.29, 0.717) is 24.6 Å². The molecule has 0 amide bonds. The molecule has 4 rings (SSSR count). The molecule has 1 aliphatic rings. The number of fused-ring (bicyclic) bond motifs is 1. The van der Waals surface area contributed by atoms with Crippen LogP contribution >= 0.6 is 0 Å². The highest BCUT2D eigenvalue weighted by Gasteiger charge is 2.38. The van der Waals surface area contributed by atoms with Crippen molar-refractivity contribution in [2.24, 2.45) is 0 Å². The van der Waals surface area contributed by atoms with Gasteiger partial charge in [0.25, 0.3) is 0 Å². The lowest BCUT2D eigenvalue weighted by Crippen LogP contribution is -2.60. The second kappa shape index (κ2) is 5.24. The van der Waals surface area contributed by atoms with Gasteiger partial charge in [-0.3, -0.25) is 0 Å². The lowest BCUT2D eigenvalue weighted by Gasteiger charge is -2.43. The molecule has 3 aromatic rings. The maximum atomic E-state index is 12.4. The molecule has 0 unspecified atom stereocenters. The Labute approximate surface area is 137 Å². The molecule has 0 N–H and O–H groups in total. The maximum Gasteiger partial charge on any atom is 0.248 e. The van der Waals surface area contributed by atoms with Crippen LogP contribution in [0.5, 0.6) is 0 Å². The van der Waals surface area contributed by atoms with Gasteiger partial charge >= 0.3 is 0 Å². The van der Waals surface area contributed by atoms with Gasteiger partial charge in [-0.1, -0.05) is 5.16 Å². The molecule has 1 aliphatic heterocycles. The highest BCUT2D eigenvalue weighted by molar-refractivity contribution is 7.89. The number of aryl methyl sites for hydroxylation is 1. The van der Waals surface area contributed by atoms with Gasteiger partial charge in [0, 0.05) is 20.1 Å². The molecule has 126 valence electrons. The minimum absolute atomic E-state index is 0.0584. The van der Waals surface area contributed by atoms with Crippen LogP contribution in [0, 0.1) is 6.92 Å². The molecule has 24 heavy (non-hydrogen) atoms. The van der Waals surface area contributed by atoms with E-state index in [4.69, 9.17) is 0 Å². The second-order valence-electron chi connectivity index (χ2n) is 5.65. The van der Waals surface area contributed by atoms with E-state index in [2.05, 4.69) is 25.0 Å². The van der Waals surface area contributed by atoms with Crippen molar-refractivity contribution in [2.75, 3.05) is 25.0 Å². The molecule has 0 saturated carbocycles. The summed E-state index contributed by atoms with van der Waals surface area (Å²) in [6, 6.07) is 3.56. The van der Waals surface area contributed by atoms with E-state index in [1.807, 2.05) is 24.0 Å². The van der Waals surface area contributed by atoms with Crippen LogP contribution in [0.15, 0.2) is 34.0 Å². The van der Waals surface area contributed by atoms with E-state index >= 15 is 0 Å². The van der Waals surface area contributed by atoms with E-state index in [9.17, 15) is 8.42 Å². The number of hydrogen-bond donors (Lipinski definition) is 0. The molecule has 0 spiro atoms. The molecule has 11 heteroatoms. The molecular weight excluding hydrogens is 334 g/mol. The fourth-order valence-electron chi connectivity index (χ4n) is 2.61. The summed E-state index contributed by atoms with van der Waals surface area (Å²) >= 11 is 0. The third-order valence-electron chi connectivity index (χ3n) is 4.19. The number of hydrogen-bond acceptors (Lipinski definition) is 8. The summed E-state index contributed by atoms with van der Waals surface area (Å²) in [7, 11) is -2.03. The van der Waals surface area contributed by atoms with Gasteiger partial charge in [-0.05, 0) is 19.1 Å². The van der Waals surface area contributed by atoms with Crippen LogP contribution < -0.4 is 4.90 Å². The molecule has 0 aromatic carbocycles. The highest BCUT2D eigenvalue weighted by Crippen LogP contribution is 2.25. The van der Waals surface area contributed by atoms with E-state index in [0.717, 1.165) is 12.1 Å². The van der Waals surface area contributed by atoms with Crippen LogP contribution in [0.1, 0.15) is 5.82 Å². The van der Waals surface area contributed by atoms with Crippen LogP contribution in [0.25, 0.3) is 5.65 Å². The van der Waals surface area contributed by atoms with Gasteiger partial charge in [0.1, 0.15) is 17.0 Å². The monoisotopic (exact) mass is 349 g/mol. The van der Waals surface area contributed by atoms with Crippen molar-refractivity contribution < 1.29 is 12.9 Å². The Morgan fingerprint density at radius 1 is 1.29 bits per heavy atom. The van der Waals surface area contributed by atoms with Crippen LogP contribution in [0.3, 0.4) is 0 Å². The first kappa shape index (κ1) is 15.0. The molecule has 1 fully saturated rings. The molecular formula is C13H15N7O3S. The predicted octanol–water partition coefficient (Wildman–Crippen LogP) is -0.0700. The molecule has 4 heterocycles. The smallest absolute Gasteiger partial charge is 0.248 e. The standard InChI is InChI=1S/C13H15N7O3S/c1-9-15-16-12-3-4-13(17-20(9)12)19-6-10(7-19)18(2)24(21,22)11-5-14-23-8-11/h3-5,8,10H,6-7H2,1-2H3. The number of nitrogens with zero attached hydrogens (tertiary/aromatic N) is 7. The normalized spacial score (nSPS) is 16.0. The van der Waals surface area contributed by atoms with Gasteiger partial charge in [0.15, 0.2) is 11.5 Å². The first-order valence-corrected chi connectivity index (χ1v) is 8.72. The van der Waals surface area contributed by atoms with Crippen LogP contribution in [-0.2, 0) is 10.0 Å². The number of likely N-dealkylation sites (N-methyl/N-ethyl adjacent to an activating group) is 1. The Bertz CT molecular complexity index is 976. The third-order valence-corrected chi connectivity index (χ3v) is 6.05. The summed E-state index contributed by atoms with van der Waals surface area (Å²) in [5.74, 6) is 1.47. The van der Waals surface area contributed by atoms with Gasteiger partial charge in [-0.2, -0.15) is 8.82 Å². The zero-order valence-corrected chi connectivity index (χ0v) is 13.9. The van der Waals surface area contributed by atoms with E-state index in [1.54, 1.807) is 11.6 Å². The summed E-state index contributed by atoms with van der Waals surface area (Å²) in [6.07, 6.45) is 2.33. The van der Waals surface area contributed by atoms with Gasteiger partial charge in [-0.25, -0.2) is 8.42 Å². The Balaban J connectivity index is 1.50. The van der Waals surface area contributed by atoms with Crippen molar-refractivity contribution in [3.63, 3.8) is 0 Å². The molecule has 0 aliphatic carbocycles. The Morgan fingerprint density at radius 2 is 2.08 bits per heavy atom. The summed E-state index contributed by atoms with van der Waals surface area (Å²) in [6.45, 7) is 2.94. The van der Waals surface area contributed by atoms with Crippen molar-refractivity contribution >= 4 is 21.5 Å². The third kappa shape index (κ3) is 2.24. The molecule has 1 saturated heterocycles. The minimum Gasteiger partial charge on any atom is -0.363 e. The number of anilines is 1. The lowest BCUT2D eigenvalue weighted by atomic mass is 10.1. The largest absolute Gasteiger partial charge is 0.363 e. The first-order chi connectivity index (χ1) is 11.5. The Morgan fingerprint density at radius 3 is 2.79 bits per heavy atom. The molecule has 3 aromatic heterocycles. The highest BCUT2D eigenvalue weighted by atomic mass is 32.2. The van der Waals surface area contributed by atoms with Gasteiger partial charge in [0.05, 0.1) is 12.2 Å². The van der Waals surface area contributed by atoms with Crippen molar-refractivity contribution in [3.05, 3.63) is 30.4 Å². The zero-order chi connectivity index (χ0) is 16.9. The van der Waals surface area contributed by atoms with Gasteiger partial charge in [-0.15, -0.1) is 15.3 Å². The topological polar surface area (TPSA) is 110 Å². The van der Waals surface area contributed by atoms with Crippen molar-refractivity contribution in [1.29, 1.82) is 0 Å². The van der Waals surface area contributed by atoms with Crippen LogP contribution in [0.4, 0.5) is 5.82 Å². The average Bonchev–Trinajstić information content (AvgIpc) is 3.17. The number of aromatic nitrogens is 5. The minimum atomic E-state index is -3.59. The maximum absolute atomic E-state index is 12.4. The Kier molecular flexibility index (Phi) is 3.28. The number of sulfonamides is 1. The summed E-state index contributed by atoms with van der Waals surface area (Å²) in [5, 5.41) is 15.9. The van der Waals surface area contributed by atoms with Gasteiger partial charge in [0.2, 0.25) is 10.0 Å². The SMILES string of the molecule is Cc1nnc2ccc(N3CC(N(C)S(=O)(=O)c4cnoc4)C3)nn12. The summed E-state index contributed by atoms with van der Waals surface area (Å²) < 4.78 is 32.5. The van der Waals surface area contributed by atoms with Crippen molar-refractivity contribution in [2.45, 2.75) is 17.9 Å². The first-order valence-electron chi connectivity index (χ1n) is 7.28. The second-order valence-corrected chi connectivity index (χ2v) is 7.65. The average molecular weight is 349 g/mol.